The fraction of sp³-hybridized carbons (Fsp3) is 0.421. The highest BCUT2D eigenvalue weighted by molar-refractivity contribution is 7.16. The van der Waals surface area contributed by atoms with Gasteiger partial charge in [-0.1, -0.05) is 30.3 Å². The molecule has 142 valence electrons. The van der Waals surface area contributed by atoms with Crippen LogP contribution in [-0.4, -0.2) is 42.2 Å². The number of fused-ring (bicyclic) bond motifs is 3. The van der Waals surface area contributed by atoms with Crippen molar-refractivity contribution in [1.82, 2.24) is 9.88 Å². The van der Waals surface area contributed by atoms with Crippen molar-refractivity contribution in [2.24, 2.45) is 5.41 Å². The number of thiazole rings is 1. The summed E-state index contributed by atoms with van der Waals surface area (Å²) in [6.07, 6.45) is 2.76. The average Bonchev–Trinajstić information content (AvgIpc) is 3.11. The molecule has 27 heavy (non-hydrogen) atoms. The van der Waals surface area contributed by atoms with Crippen molar-refractivity contribution in [3.05, 3.63) is 35.3 Å². The first kappa shape index (κ1) is 19.6. The summed E-state index contributed by atoms with van der Waals surface area (Å²) in [5.41, 5.74) is 1.05. The van der Waals surface area contributed by atoms with Gasteiger partial charge in [-0.2, -0.15) is 5.26 Å². The molecule has 5 rings (SSSR count). The van der Waals surface area contributed by atoms with Crippen molar-refractivity contribution in [3.8, 4) is 16.5 Å². The number of ether oxygens (including phenoxy) is 1. The minimum Gasteiger partial charge on any atom is -0.449 e. The predicted molar refractivity (Wildman–Crippen MR) is 107 cm³/mol. The topological polar surface area (TPSA) is 78.2 Å². The third kappa shape index (κ3) is 4.24. The van der Waals surface area contributed by atoms with Gasteiger partial charge in [-0.25, -0.2) is 9.78 Å². The molecule has 0 spiro atoms. The molecule has 3 saturated heterocycles. The number of hydrogen-bond acceptors (Lipinski definition) is 6. The van der Waals surface area contributed by atoms with Gasteiger partial charge in [-0.3, -0.25) is 5.32 Å². The SMILES string of the molecule is Cl.N#Cc1nc(NC(=O)OCC23CCN(CC2)CC3)c(-c2ccccc2)s1. The summed E-state index contributed by atoms with van der Waals surface area (Å²) in [6.45, 7) is 3.74. The Hall–Kier alpha value is -2.14. The lowest BCUT2D eigenvalue weighted by molar-refractivity contribution is -0.0190. The van der Waals surface area contributed by atoms with Crippen LogP contribution in [0.5, 0.6) is 0 Å². The third-order valence-corrected chi connectivity index (χ3v) is 6.37. The van der Waals surface area contributed by atoms with E-state index < -0.39 is 6.09 Å². The van der Waals surface area contributed by atoms with E-state index in [-0.39, 0.29) is 17.8 Å². The fourth-order valence-electron chi connectivity index (χ4n) is 3.70. The van der Waals surface area contributed by atoms with Crippen LogP contribution in [0.2, 0.25) is 0 Å². The summed E-state index contributed by atoms with van der Waals surface area (Å²) in [7, 11) is 0. The smallest absolute Gasteiger partial charge is 0.412 e. The van der Waals surface area contributed by atoms with E-state index in [4.69, 9.17) is 10.00 Å². The summed E-state index contributed by atoms with van der Waals surface area (Å²) < 4.78 is 5.55. The number of rotatable bonds is 4. The van der Waals surface area contributed by atoms with Gasteiger partial charge >= 0.3 is 6.09 Å². The lowest BCUT2D eigenvalue weighted by atomic mass is 9.73. The Kier molecular flexibility index (Phi) is 6.00. The van der Waals surface area contributed by atoms with Crippen LogP contribution in [0, 0.1) is 16.7 Å². The van der Waals surface area contributed by atoms with E-state index in [1.165, 1.54) is 11.3 Å². The molecule has 4 heterocycles. The Labute approximate surface area is 168 Å². The van der Waals surface area contributed by atoms with Crippen LogP contribution in [0.4, 0.5) is 10.6 Å². The zero-order valence-electron chi connectivity index (χ0n) is 14.8. The van der Waals surface area contributed by atoms with Crippen LogP contribution >= 0.6 is 23.7 Å². The highest BCUT2D eigenvalue weighted by Crippen LogP contribution is 2.40. The second kappa shape index (κ2) is 8.26. The molecular formula is C19H21ClN4O2S. The number of benzene rings is 1. The number of carbonyl (C=O) groups is 1. The van der Waals surface area contributed by atoms with Crippen LogP contribution in [0.3, 0.4) is 0 Å². The van der Waals surface area contributed by atoms with E-state index in [1.807, 2.05) is 36.4 Å². The first-order chi connectivity index (χ1) is 12.7. The molecule has 0 atom stereocenters. The third-order valence-electron chi connectivity index (χ3n) is 5.36. The summed E-state index contributed by atoms with van der Waals surface area (Å²) >= 11 is 1.26. The van der Waals surface area contributed by atoms with Crippen LogP contribution in [0.1, 0.15) is 24.3 Å². The van der Waals surface area contributed by atoms with E-state index in [0.717, 1.165) is 49.3 Å². The van der Waals surface area contributed by atoms with Gasteiger partial charge in [-0.15, -0.1) is 23.7 Å². The second-order valence-electron chi connectivity index (χ2n) is 6.97. The number of hydrogen-bond donors (Lipinski definition) is 1. The van der Waals surface area contributed by atoms with Gasteiger partial charge < -0.3 is 9.64 Å². The van der Waals surface area contributed by atoms with Gasteiger partial charge in [0.1, 0.15) is 6.07 Å². The van der Waals surface area contributed by atoms with E-state index in [0.29, 0.717) is 17.4 Å². The number of nitrogens with one attached hydrogen (secondary N) is 1. The first-order valence-electron chi connectivity index (χ1n) is 8.80. The quantitative estimate of drug-likeness (QED) is 0.828. The highest BCUT2D eigenvalue weighted by atomic mass is 35.5. The summed E-state index contributed by atoms with van der Waals surface area (Å²) in [5, 5.41) is 12.2. The Balaban J connectivity index is 0.00000210. The van der Waals surface area contributed by atoms with Crippen molar-refractivity contribution < 1.29 is 9.53 Å². The molecule has 3 aliphatic heterocycles. The maximum atomic E-state index is 12.3. The van der Waals surface area contributed by atoms with E-state index in [1.54, 1.807) is 0 Å². The lowest BCUT2D eigenvalue weighted by Gasteiger charge is -2.47. The van der Waals surface area contributed by atoms with Crippen molar-refractivity contribution in [2.75, 3.05) is 31.6 Å². The number of carbonyl (C=O) groups excluding carboxylic acids is 1. The molecule has 2 bridgehead atoms. The molecule has 3 fully saturated rings. The van der Waals surface area contributed by atoms with Crippen LogP contribution in [-0.2, 0) is 4.74 Å². The number of aromatic nitrogens is 1. The molecule has 3 aliphatic rings. The van der Waals surface area contributed by atoms with E-state index >= 15 is 0 Å². The number of amides is 1. The maximum Gasteiger partial charge on any atom is 0.412 e. The molecule has 1 amide bonds. The van der Waals surface area contributed by atoms with E-state index in [9.17, 15) is 4.79 Å². The number of anilines is 1. The zero-order valence-corrected chi connectivity index (χ0v) is 16.4. The Morgan fingerprint density at radius 3 is 2.56 bits per heavy atom. The molecule has 1 aromatic carbocycles. The number of nitrogens with zero attached hydrogens (tertiary/aromatic N) is 3. The molecule has 2 aromatic rings. The minimum atomic E-state index is -0.501. The van der Waals surface area contributed by atoms with Crippen molar-refractivity contribution >= 4 is 35.7 Å². The largest absolute Gasteiger partial charge is 0.449 e. The molecule has 1 N–H and O–H groups in total. The second-order valence-corrected chi connectivity index (χ2v) is 7.97. The molecule has 0 saturated carbocycles. The van der Waals surface area contributed by atoms with Gasteiger partial charge in [-0.05, 0) is 44.5 Å². The van der Waals surface area contributed by atoms with Crippen LogP contribution in [0.15, 0.2) is 30.3 Å². The fourth-order valence-corrected chi connectivity index (χ4v) is 4.53. The molecule has 0 unspecified atom stereocenters. The van der Waals surface area contributed by atoms with Gasteiger partial charge in [0, 0.05) is 5.41 Å². The van der Waals surface area contributed by atoms with E-state index in [2.05, 4.69) is 15.2 Å². The van der Waals surface area contributed by atoms with Crippen molar-refractivity contribution in [1.29, 1.82) is 5.26 Å². The highest BCUT2D eigenvalue weighted by Gasteiger charge is 2.40. The standard InChI is InChI=1S/C19H20N4O2S.ClH/c20-12-15-21-17(16(26-15)14-4-2-1-3-5-14)22-18(24)25-13-19-6-9-23(10-7-19)11-8-19;/h1-5H,6-11,13H2,(H,22,24);1H. The van der Waals surface area contributed by atoms with Crippen LogP contribution < -0.4 is 5.32 Å². The van der Waals surface area contributed by atoms with Crippen LogP contribution in [0.25, 0.3) is 10.4 Å². The number of nitriles is 1. The molecular weight excluding hydrogens is 384 g/mol. The monoisotopic (exact) mass is 404 g/mol. The van der Waals surface area contributed by atoms with Gasteiger partial charge in [0.15, 0.2) is 10.8 Å². The summed E-state index contributed by atoms with van der Waals surface area (Å²) in [6, 6.07) is 11.7. The van der Waals surface area contributed by atoms with Crippen molar-refractivity contribution in [2.45, 2.75) is 19.3 Å². The average molecular weight is 405 g/mol. The molecule has 1 aromatic heterocycles. The number of halogens is 1. The molecule has 6 nitrogen and oxygen atoms in total. The first-order valence-corrected chi connectivity index (χ1v) is 9.62. The summed E-state index contributed by atoms with van der Waals surface area (Å²) in [4.78, 5) is 19.8. The van der Waals surface area contributed by atoms with Crippen molar-refractivity contribution in [3.63, 3.8) is 0 Å². The van der Waals surface area contributed by atoms with Gasteiger partial charge in [0.25, 0.3) is 0 Å². The number of piperidine rings is 3. The molecule has 0 aliphatic carbocycles. The zero-order chi connectivity index (χ0) is 18.0. The maximum absolute atomic E-state index is 12.3. The molecule has 8 heteroatoms. The Bertz CT molecular complexity index is 827. The molecule has 0 radical (unpaired) electrons. The van der Waals surface area contributed by atoms with Gasteiger partial charge in [0.2, 0.25) is 0 Å². The Morgan fingerprint density at radius 2 is 1.93 bits per heavy atom. The Morgan fingerprint density at radius 1 is 1.26 bits per heavy atom. The minimum absolute atomic E-state index is 0. The normalized spacial score (nSPS) is 23.1. The van der Waals surface area contributed by atoms with Gasteiger partial charge in [0.05, 0.1) is 11.5 Å². The summed E-state index contributed by atoms with van der Waals surface area (Å²) in [5.74, 6) is 0.388. The lowest BCUT2D eigenvalue weighted by Crippen LogP contribution is -2.50. The predicted octanol–water partition coefficient (Wildman–Crippen LogP) is 4.14.